The molecule has 0 saturated carbocycles. The third-order valence-electron chi connectivity index (χ3n) is 2.03. The summed E-state index contributed by atoms with van der Waals surface area (Å²) in [5.74, 6) is -0.958. The Bertz CT molecular complexity index is 145. The Morgan fingerprint density at radius 2 is 1.71 bits per heavy atom. The Labute approximate surface area is 105 Å². The molecule has 2 N–H and O–H groups in total. The van der Waals surface area contributed by atoms with Crippen molar-refractivity contribution >= 4 is 0 Å². The van der Waals surface area contributed by atoms with Crippen LogP contribution in [0.3, 0.4) is 0 Å². The zero-order chi connectivity index (χ0) is 13.9. The van der Waals surface area contributed by atoms with Gasteiger partial charge in [0.2, 0.25) is 0 Å². The Morgan fingerprint density at radius 1 is 1.24 bits per heavy atom. The topological polar surface area (TPSA) is 68.2 Å². The van der Waals surface area contributed by atoms with Crippen molar-refractivity contribution in [3.05, 3.63) is 0 Å². The SMILES string of the molecule is CC.COC(C)(C)O.CO[C@H]1CC[C@@H](CO)O1. The summed E-state index contributed by atoms with van der Waals surface area (Å²) in [5, 5.41) is 17.2. The lowest BCUT2D eigenvalue weighted by atomic mass is 10.2. The van der Waals surface area contributed by atoms with Crippen molar-refractivity contribution < 1.29 is 24.4 Å². The smallest absolute Gasteiger partial charge is 0.159 e. The molecule has 0 aliphatic carbocycles. The summed E-state index contributed by atoms with van der Waals surface area (Å²) < 4.78 is 14.6. The monoisotopic (exact) mass is 252 g/mol. The zero-order valence-corrected chi connectivity index (χ0v) is 11.9. The molecule has 1 aliphatic rings. The summed E-state index contributed by atoms with van der Waals surface area (Å²) in [7, 11) is 3.07. The molecular weight excluding hydrogens is 224 g/mol. The molecule has 1 saturated heterocycles. The van der Waals surface area contributed by atoms with E-state index in [0.29, 0.717) is 0 Å². The van der Waals surface area contributed by atoms with Gasteiger partial charge in [0, 0.05) is 20.6 Å². The molecule has 106 valence electrons. The van der Waals surface area contributed by atoms with Gasteiger partial charge in [-0.15, -0.1) is 0 Å². The van der Waals surface area contributed by atoms with Gasteiger partial charge in [0.05, 0.1) is 12.7 Å². The third kappa shape index (κ3) is 12.1. The lowest BCUT2D eigenvalue weighted by molar-refractivity contribution is -0.155. The van der Waals surface area contributed by atoms with Crippen molar-refractivity contribution in [1.29, 1.82) is 0 Å². The Kier molecular flexibility index (Phi) is 12.3. The molecule has 1 rings (SSSR count). The average molecular weight is 252 g/mol. The molecule has 0 aromatic heterocycles. The summed E-state index contributed by atoms with van der Waals surface area (Å²) in [4.78, 5) is 0. The van der Waals surface area contributed by atoms with Crippen LogP contribution in [0.4, 0.5) is 0 Å². The predicted octanol–water partition coefficient (Wildman–Crippen LogP) is 1.52. The number of hydrogen-bond acceptors (Lipinski definition) is 5. The summed E-state index contributed by atoms with van der Waals surface area (Å²) in [6.07, 6.45) is 1.74. The number of rotatable bonds is 3. The van der Waals surface area contributed by atoms with Crippen molar-refractivity contribution in [1.82, 2.24) is 0 Å². The van der Waals surface area contributed by atoms with Crippen molar-refractivity contribution in [2.75, 3.05) is 20.8 Å². The second-order valence-electron chi connectivity index (χ2n) is 3.83. The van der Waals surface area contributed by atoms with Crippen molar-refractivity contribution in [3.63, 3.8) is 0 Å². The summed E-state index contributed by atoms with van der Waals surface area (Å²) in [6, 6.07) is 0. The number of methoxy groups -OCH3 is 2. The van der Waals surface area contributed by atoms with Gasteiger partial charge in [-0.1, -0.05) is 13.8 Å². The van der Waals surface area contributed by atoms with E-state index in [1.807, 2.05) is 13.8 Å². The molecule has 0 amide bonds. The quantitative estimate of drug-likeness (QED) is 0.745. The number of ether oxygens (including phenoxy) is 3. The summed E-state index contributed by atoms with van der Waals surface area (Å²) >= 11 is 0. The first-order valence-corrected chi connectivity index (χ1v) is 5.99. The average Bonchev–Trinajstić information content (AvgIpc) is 2.79. The predicted molar refractivity (Wildman–Crippen MR) is 66.6 cm³/mol. The molecule has 0 unspecified atom stereocenters. The van der Waals surface area contributed by atoms with Crippen molar-refractivity contribution in [2.24, 2.45) is 0 Å². The first kappa shape index (κ1) is 19.1. The van der Waals surface area contributed by atoms with E-state index < -0.39 is 5.79 Å². The Balaban J connectivity index is 0. The van der Waals surface area contributed by atoms with Gasteiger partial charge in [0.15, 0.2) is 12.1 Å². The van der Waals surface area contributed by atoms with E-state index in [-0.39, 0.29) is 19.0 Å². The maximum Gasteiger partial charge on any atom is 0.159 e. The van der Waals surface area contributed by atoms with Gasteiger partial charge >= 0.3 is 0 Å². The van der Waals surface area contributed by atoms with Crippen LogP contribution in [0.1, 0.15) is 40.5 Å². The van der Waals surface area contributed by atoms with Gasteiger partial charge in [-0.3, -0.25) is 0 Å². The van der Waals surface area contributed by atoms with Gasteiger partial charge in [-0.05, 0) is 20.3 Å². The van der Waals surface area contributed by atoms with Crippen LogP contribution in [0.2, 0.25) is 0 Å². The van der Waals surface area contributed by atoms with E-state index in [9.17, 15) is 0 Å². The highest BCUT2D eigenvalue weighted by Crippen LogP contribution is 2.18. The molecule has 1 heterocycles. The first-order chi connectivity index (χ1) is 7.92. The van der Waals surface area contributed by atoms with E-state index in [1.54, 1.807) is 21.0 Å². The standard InChI is InChI=1S/C6H12O3.C4H10O2.C2H6/c1-8-6-3-2-5(4-7)9-6;1-4(2,5)6-3;1-2/h5-7H,2-4H2,1H3;5H,1-3H3;1-2H3/t5-,6+;;/m0../s1. The summed E-state index contributed by atoms with van der Waals surface area (Å²) in [5.41, 5.74) is 0. The molecule has 1 fully saturated rings. The molecule has 0 aromatic carbocycles. The fraction of sp³-hybridized carbons (Fsp3) is 1.00. The van der Waals surface area contributed by atoms with E-state index >= 15 is 0 Å². The normalized spacial score (nSPS) is 23.3. The molecule has 0 bridgehead atoms. The van der Waals surface area contributed by atoms with E-state index in [0.717, 1.165) is 12.8 Å². The Morgan fingerprint density at radius 3 is 1.88 bits per heavy atom. The first-order valence-electron chi connectivity index (χ1n) is 5.99. The Hall–Kier alpha value is -0.200. The lowest BCUT2D eigenvalue weighted by Gasteiger charge is -2.12. The second kappa shape index (κ2) is 10.9. The summed E-state index contributed by atoms with van der Waals surface area (Å²) in [6.45, 7) is 7.26. The molecular formula is C12H28O5. The number of aliphatic hydroxyl groups excluding tert-OH is 1. The van der Waals surface area contributed by atoms with Gasteiger partial charge in [0.25, 0.3) is 0 Å². The fourth-order valence-corrected chi connectivity index (χ4v) is 0.980. The van der Waals surface area contributed by atoms with Crippen LogP contribution >= 0.6 is 0 Å². The van der Waals surface area contributed by atoms with E-state index in [1.165, 1.54) is 7.11 Å². The lowest BCUT2D eigenvalue weighted by Crippen LogP contribution is -2.20. The number of hydrogen-bond donors (Lipinski definition) is 2. The fourth-order valence-electron chi connectivity index (χ4n) is 0.980. The molecule has 17 heavy (non-hydrogen) atoms. The molecule has 5 nitrogen and oxygen atoms in total. The number of aliphatic hydroxyl groups is 2. The molecule has 1 aliphatic heterocycles. The van der Waals surface area contributed by atoms with Gasteiger partial charge in [-0.25, -0.2) is 0 Å². The van der Waals surface area contributed by atoms with Crippen LogP contribution in [0.15, 0.2) is 0 Å². The third-order valence-corrected chi connectivity index (χ3v) is 2.03. The highest BCUT2D eigenvalue weighted by molar-refractivity contribution is 4.65. The molecule has 0 aromatic rings. The minimum Gasteiger partial charge on any atom is -0.394 e. The van der Waals surface area contributed by atoms with Crippen molar-refractivity contribution in [2.45, 2.75) is 58.7 Å². The van der Waals surface area contributed by atoms with Crippen molar-refractivity contribution in [3.8, 4) is 0 Å². The highest BCUT2D eigenvalue weighted by atomic mass is 16.7. The van der Waals surface area contributed by atoms with Crippen LogP contribution in [0, 0.1) is 0 Å². The molecule has 0 spiro atoms. The van der Waals surface area contributed by atoms with Gasteiger partial charge in [0.1, 0.15) is 0 Å². The van der Waals surface area contributed by atoms with E-state index in [2.05, 4.69) is 4.74 Å². The maximum atomic E-state index is 8.60. The highest BCUT2D eigenvalue weighted by Gasteiger charge is 2.23. The van der Waals surface area contributed by atoms with Crippen LogP contribution in [0.25, 0.3) is 0 Å². The second-order valence-corrected chi connectivity index (χ2v) is 3.83. The van der Waals surface area contributed by atoms with Crippen LogP contribution in [0.5, 0.6) is 0 Å². The maximum absolute atomic E-state index is 8.60. The minimum atomic E-state index is -0.958. The van der Waals surface area contributed by atoms with Crippen LogP contribution in [-0.4, -0.2) is 49.2 Å². The molecule has 2 atom stereocenters. The van der Waals surface area contributed by atoms with Crippen LogP contribution < -0.4 is 0 Å². The van der Waals surface area contributed by atoms with E-state index in [4.69, 9.17) is 19.7 Å². The largest absolute Gasteiger partial charge is 0.394 e. The van der Waals surface area contributed by atoms with Gasteiger partial charge < -0.3 is 24.4 Å². The van der Waals surface area contributed by atoms with Gasteiger partial charge in [-0.2, -0.15) is 0 Å². The molecule has 0 radical (unpaired) electrons. The zero-order valence-electron chi connectivity index (χ0n) is 11.9. The molecule has 5 heteroatoms. The minimum absolute atomic E-state index is 0.00921. The van der Waals surface area contributed by atoms with Crippen LogP contribution in [-0.2, 0) is 14.2 Å².